The van der Waals surface area contributed by atoms with Gasteiger partial charge in [-0.2, -0.15) is 0 Å². The third kappa shape index (κ3) is 3.50. The number of nitrogens with one attached hydrogen (secondary N) is 1. The molecule has 1 aliphatic heterocycles. The van der Waals surface area contributed by atoms with Gasteiger partial charge in [0.05, 0.1) is 0 Å². The molecule has 1 heterocycles. The van der Waals surface area contributed by atoms with Gasteiger partial charge < -0.3 is 10.2 Å². The first-order valence-corrected chi connectivity index (χ1v) is 7.80. The summed E-state index contributed by atoms with van der Waals surface area (Å²) in [6, 6.07) is 9.15. The summed E-state index contributed by atoms with van der Waals surface area (Å²) in [6.45, 7) is 7.02. The van der Waals surface area contributed by atoms with Crippen molar-refractivity contribution in [3.05, 3.63) is 29.8 Å². The number of anilines is 1. The molecule has 1 saturated carbocycles. The van der Waals surface area contributed by atoms with Crippen molar-refractivity contribution < 1.29 is 0 Å². The van der Waals surface area contributed by atoms with Gasteiger partial charge in [-0.15, -0.1) is 0 Å². The molecule has 0 radical (unpaired) electrons. The molecule has 0 atom stereocenters. The third-order valence-electron chi connectivity index (χ3n) is 4.64. The summed E-state index contributed by atoms with van der Waals surface area (Å²) >= 11 is 0. The Kier molecular flexibility index (Phi) is 3.79. The van der Waals surface area contributed by atoms with E-state index < -0.39 is 0 Å². The van der Waals surface area contributed by atoms with Gasteiger partial charge in [0, 0.05) is 31.9 Å². The van der Waals surface area contributed by atoms with Gasteiger partial charge in [-0.05, 0) is 55.2 Å². The fraction of sp³-hybridized carbons (Fsp3) is 0.647. The van der Waals surface area contributed by atoms with Crippen LogP contribution in [0, 0.1) is 5.41 Å². The zero-order valence-corrected chi connectivity index (χ0v) is 12.1. The number of rotatable bonds is 5. The van der Waals surface area contributed by atoms with Gasteiger partial charge in [0.15, 0.2) is 0 Å². The topological polar surface area (TPSA) is 15.3 Å². The Balaban J connectivity index is 1.50. The molecule has 0 unspecified atom stereocenters. The van der Waals surface area contributed by atoms with Crippen molar-refractivity contribution in [1.82, 2.24) is 5.32 Å². The standard InChI is InChI=1S/C17H26N2/c1-17(9-10-17)14-18-13-15-5-7-16(8-6-15)19-11-3-2-4-12-19/h5-8,18H,2-4,9-14H2,1H3. The van der Waals surface area contributed by atoms with Crippen LogP contribution in [0.4, 0.5) is 5.69 Å². The largest absolute Gasteiger partial charge is 0.372 e. The van der Waals surface area contributed by atoms with E-state index in [4.69, 9.17) is 0 Å². The van der Waals surface area contributed by atoms with Crippen LogP contribution in [0.5, 0.6) is 0 Å². The Morgan fingerprint density at radius 1 is 1.05 bits per heavy atom. The maximum absolute atomic E-state index is 3.59. The highest BCUT2D eigenvalue weighted by Gasteiger charge is 2.36. The molecule has 1 N–H and O–H groups in total. The van der Waals surface area contributed by atoms with Gasteiger partial charge in [-0.3, -0.25) is 0 Å². The molecule has 0 spiro atoms. The van der Waals surface area contributed by atoms with Gasteiger partial charge in [-0.25, -0.2) is 0 Å². The highest BCUT2D eigenvalue weighted by Crippen LogP contribution is 2.44. The highest BCUT2D eigenvalue weighted by atomic mass is 15.1. The second kappa shape index (κ2) is 5.54. The minimum Gasteiger partial charge on any atom is -0.372 e. The second-order valence-corrected chi connectivity index (χ2v) is 6.63. The Hall–Kier alpha value is -1.02. The van der Waals surface area contributed by atoms with Crippen LogP contribution >= 0.6 is 0 Å². The number of hydrogen-bond acceptors (Lipinski definition) is 2. The molecule has 2 nitrogen and oxygen atoms in total. The van der Waals surface area contributed by atoms with E-state index in [1.807, 2.05) is 0 Å². The van der Waals surface area contributed by atoms with Gasteiger partial charge in [0.1, 0.15) is 0 Å². The van der Waals surface area contributed by atoms with Gasteiger partial charge >= 0.3 is 0 Å². The molecule has 2 heteroatoms. The third-order valence-corrected chi connectivity index (χ3v) is 4.64. The molecular formula is C17H26N2. The van der Waals surface area contributed by atoms with E-state index in [9.17, 15) is 0 Å². The van der Waals surface area contributed by atoms with Crippen LogP contribution in [0.1, 0.15) is 44.6 Å². The van der Waals surface area contributed by atoms with Crippen molar-refractivity contribution in [3.63, 3.8) is 0 Å². The van der Waals surface area contributed by atoms with Crippen LogP contribution < -0.4 is 10.2 Å². The summed E-state index contributed by atoms with van der Waals surface area (Å²) in [6.07, 6.45) is 6.89. The van der Waals surface area contributed by atoms with Crippen molar-refractivity contribution in [1.29, 1.82) is 0 Å². The maximum Gasteiger partial charge on any atom is 0.0366 e. The maximum atomic E-state index is 3.59. The summed E-state index contributed by atoms with van der Waals surface area (Å²) in [7, 11) is 0. The second-order valence-electron chi connectivity index (χ2n) is 6.63. The molecule has 0 amide bonds. The molecule has 0 aromatic heterocycles. The monoisotopic (exact) mass is 258 g/mol. The van der Waals surface area contributed by atoms with Crippen molar-refractivity contribution in [2.75, 3.05) is 24.5 Å². The molecule has 19 heavy (non-hydrogen) atoms. The van der Waals surface area contributed by atoms with E-state index in [2.05, 4.69) is 41.4 Å². The fourth-order valence-electron chi connectivity index (χ4n) is 2.88. The SMILES string of the molecule is CC1(CNCc2ccc(N3CCCCC3)cc2)CC1. The normalized spacial score (nSPS) is 21.4. The number of nitrogens with zero attached hydrogens (tertiary/aromatic N) is 1. The lowest BCUT2D eigenvalue weighted by atomic mass is 10.1. The lowest BCUT2D eigenvalue weighted by molar-refractivity contribution is 0.499. The van der Waals surface area contributed by atoms with Gasteiger partial charge in [0.25, 0.3) is 0 Å². The first-order chi connectivity index (χ1) is 9.25. The van der Waals surface area contributed by atoms with Crippen LogP contribution in [0.2, 0.25) is 0 Å². The van der Waals surface area contributed by atoms with E-state index in [-0.39, 0.29) is 0 Å². The average Bonchev–Trinajstić information content (AvgIpc) is 3.19. The summed E-state index contributed by atoms with van der Waals surface area (Å²) in [4.78, 5) is 2.52. The molecule has 0 bridgehead atoms. The fourth-order valence-corrected chi connectivity index (χ4v) is 2.88. The average molecular weight is 258 g/mol. The molecule has 2 fully saturated rings. The molecule has 1 aliphatic carbocycles. The van der Waals surface area contributed by atoms with Crippen molar-refractivity contribution in [2.45, 2.75) is 45.6 Å². The van der Waals surface area contributed by atoms with Gasteiger partial charge in [0.2, 0.25) is 0 Å². The quantitative estimate of drug-likeness (QED) is 0.868. The molecule has 1 aromatic rings. The summed E-state index contributed by atoms with van der Waals surface area (Å²) < 4.78 is 0. The zero-order chi connectivity index (χ0) is 13.1. The van der Waals surface area contributed by atoms with Crippen molar-refractivity contribution >= 4 is 5.69 Å². The molecule has 1 saturated heterocycles. The van der Waals surface area contributed by atoms with Gasteiger partial charge in [-0.1, -0.05) is 19.1 Å². The van der Waals surface area contributed by atoms with E-state index in [1.165, 1.54) is 63.0 Å². The van der Waals surface area contributed by atoms with E-state index in [0.29, 0.717) is 5.41 Å². The summed E-state index contributed by atoms with van der Waals surface area (Å²) in [5.41, 5.74) is 3.41. The number of piperidine rings is 1. The van der Waals surface area contributed by atoms with Crippen molar-refractivity contribution in [2.24, 2.45) is 5.41 Å². The minimum absolute atomic E-state index is 0.605. The number of hydrogen-bond donors (Lipinski definition) is 1. The van der Waals surface area contributed by atoms with Crippen LogP contribution in [-0.2, 0) is 6.54 Å². The predicted molar refractivity (Wildman–Crippen MR) is 81.6 cm³/mol. The summed E-state index contributed by atoms with van der Waals surface area (Å²) in [5.74, 6) is 0. The Morgan fingerprint density at radius 3 is 2.37 bits per heavy atom. The highest BCUT2D eigenvalue weighted by molar-refractivity contribution is 5.47. The zero-order valence-electron chi connectivity index (χ0n) is 12.1. The van der Waals surface area contributed by atoms with Crippen LogP contribution in [0.3, 0.4) is 0 Å². The molecule has 3 rings (SSSR count). The first-order valence-electron chi connectivity index (χ1n) is 7.80. The molecule has 1 aromatic carbocycles. The Morgan fingerprint density at radius 2 is 1.74 bits per heavy atom. The lowest BCUT2D eigenvalue weighted by Gasteiger charge is -2.28. The first kappa shape index (κ1) is 13.0. The predicted octanol–water partition coefficient (Wildman–Crippen LogP) is 3.57. The van der Waals surface area contributed by atoms with Crippen LogP contribution in [-0.4, -0.2) is 19.6 Å². The molecule has 2 aliphatic rings. The van der Waals surface area contributed by atoms with Crippen LogP contribution in [0.25, 0.3) is 0 Å². The van der Waals surface area contributed by atoms with Crippen molar-refractivity contribution in [3.8, 4) is 0 Å². The molecular weight excluding hydrogens is 232 g/mol. The lowest BCUT2D eigenvalue weighted by Crippen LogP contribution is -2.29. The van der Waals surface area contributed by atoms with E-state index >= 15 is 0 Å². The van der Waals surface area contributed by atoms with E-state index in [0.717, 1.165) is 6.54 Å². The summed E-state index contributed by atoms with van der Waals surface area (Å²) in [5, 5.41) is 3.59. The van der Waals surface area contributed by atoms with Crippen LogP contribution in [0.15, 0.2) is 24.3 Å². The number of benzene rings is 1. The Labute approximate surface area is 117 Å². The smallest absolute Gasteiger partial charge is 0.0366 e. The van der Waals surface area contributed by atoms with E-state index in [1.54, 1.807) is 0 Å². The molecule has 104 valence electrons. The minimum atomic E-state index is 0.605. The Bertz CT molecular complexity index is 400.